The van der Waals surface area contributed by atoms with Gasteiger partial charge in [-0.15, -0.1) is 0 Å². The number of benzene rings is 2. The molecule has 0 saturated carbocycles. The van der Waals surface area contributed by atoms with Crippen molar-refractivity contribution in [2.75, 3.05) is 27.9 Å². The molecule has 0 radical (unpaired) electrons. The lowest BCUT2D eigenvalue weighted by molar-refractivity contribution is 0.0474. The van der Waals surface area contributed by atoms with Crippen molar-refractivity contribution in [3.05, 3.63) is 51.5 Å². The van der Waals surface area contributed by atoms with E-state index < -0.39 is 18.4 Å². The fraction of sp³-hybridized carbons (Fsp3) is 0.222. The Morgan fingerprint density at radius 2 is 1.54 bits per heavy atom. The van der Waals surface area contributed by atoms with Crippen molar-refractivity contribution < 1.29 is 28.5 Å². The summed E-state index contributed by atoms with van der Waals surface area (Å²) in [6.07, 6.45) is 0. The Balaban J connectivity index is 2.17. The first-order valence-corrected chi connectivity index (χ1v) is 8.12. The molecule has 0 fully saturated rings. The summed E-state index contributed by atoms with van der Waals surface area (Å²) < 4.78 is 20.6. The highest BCUT2D eigenvalue weighted by Gasteiger charge is 2.19. The van der Waals surface area contributed by atoms with Crippen LogP contribution in [0.1, 0.15) is 20.7 Å². The van der Waals surface area contributed by atoms with Crippen molar-refractivity contribution >= 4 is 35.0 Å². The maximum absolute atomic E-state index is 12.3. The van der Waals surface area contributed by atoms with Crippen LogP contribution in [0.15, 0.2) is 30.3 Å². The van der Waals surface area contributed by atoms with E-state index in [9.17, 15) is 9.59 Å². The molecule has 2 rings (SSSR count). The van der Waals surface area contributed by atoms with Crippen LogP contribution in [0.5, 0.6) is 17.2 Å². The molecule has 2 aromatic carbocycles. The van der Waals surface area contributed by atoms with Crippen molar-refractivity contribution in [1.29, 1.82) is 0 Å². The summed E-state index contributed by atoms with van der Waals surface area (Å²) >= 11 is 11.8. The number of halogens is 2. The van der Waals surface area contributed by atoms with Gasteiger partial charge in [0, 0.05) is 10.6 Å². The highest BCUT2D eigenvalue weighted by molar-refractivity contribution is 6.36. The average Bonchev–Trinajstić information content (AvgIpc) is 2.66. The van der Waals surface area contributed by atoms with E-state index >= 15 is 0 Å². The van der Waals surface area contributed by atoms with E-state index in [1.807, 2.05) is 0 Å². The van der Waals surface area contributed by atoms with E-state index in [1.54, 1.807) is 6.07 Å². The molecule has 138 valence electrons. The summed E-state index contributed by atoms with van der Waals surface area (Å²) in [5.74, 6) is -0.270. The van der Waals surface area contributed by atoms with Crippen molar-refractivity contribution in [1.82, 2.24) is 0 Å². The zero-order valence-corrected chi connectivity index (χ0v) is 15.8. The number of hydrogen-bond donors (Lipinski definition) is 0. The van der Waals surface area contributed by atoms with Crippen molar-refractivity contribution in [3.8, 4) is 17.2 Å². The highest BCUT2D eigenvalue weighted by Crippen LogP contribution is 2.38. The molecule has 6 nitrogen and oxygen atoms in total. The monoisotopic (exact) mass is 398 g/mol. The normalized spacial score (nSPS) is 10.2. The fourth-order valence-corrected chi connectivity index (χ4v) is 2.60. The summed E-state index contributed by atoms with van der Waals surface area (Å²) in [5, 5.41) is 0.580. The standard InChI is InChI=1S/C18H16Cl2O6/c1-23-15-6-10(7-16(24-2)17(15)25-3)18(22)26-9-14(21)12-8-11(19)4-5-13(12)20/h4-8H,9H2,1-3H3. The maximum atomic E-state index is 12.3. The van der Waals surface area contributed by atoms with Crippen LogP contribution in [0, 0.1) is 0 Å². The number of esters is 1. The predicted octanol–water partition coefficient (Wildman–Crippen LogP) is 4.06. The molecule has 0 N–H and O–H groups in total. The van der Waals surface area contributed by atoms with Crippen LogP contribution >= 0.6 is 23.2 Å². The SMILES string of the molecule is COc1cc(C(=O)OCC(=O)c2cc(Cl)ccc2Cl)cc(OC)c1OC. The average molecular weight is 399 g/mol. The number of carbonyl (C=O) groups excluding carboxylic acids is 2. The Labute approximate surface area is 160 Å². The number of rotatable bonds is 7. The number of ketones is 1. The van der Waals surface area contributed by atoms with Gasteiger partial charge in [-0.25, -0.2) is 4.79 Å². The van der Waals surface area contributed by atoms with Gasteiger partial charge < -0.3 is 18.9 Å². The van der Waals surface area contributed by atoms with Gasteiger partial charge in [0.25, 0.3) is 0 Å². The Bertz CT molecular complexity index is 809. The van der Waals surface area contributed by atoms with Gasteiger partial charge in [-0.05, 0) is 30.3 Å². The largest absolute Gasteiger partial charge is 0.493 e. The van der Waals surface area contributed by atoms with Gasteiger partial charge in [0.1, 0.15) is 0 Å². The molecule has 0 unspecified atom stereocenters. The Morgan fingerprint density at radius 3 is 2.08 bits per heavy atom. The molecule has 26 heavy (non-hydrogen) atoms. The van der Waals surface area contributed by atoms with Gasteiger partial charge >= 0.3 is 5.97 Å². The number of hydrogen-bond acceptors (Lipinski definition) is 6. The lowest BCUT2D eigenvalue weighted by atomic mass is 10.1. The second-order valence-corrected chi connectivity index (χ2v) is 5.88. The molecule has 0 aliphatic heterocycles. The van der Waals surface area contributed by atoms with Crippen LogP contribution in [0.4, 0.5) is 0 Å². The van der Waals surface area contributed by atoms with Gasteiger partial charge in [-0.1, -0.05) is 23.2 Å². The second kappa shape index (κ2) is 8.78. The summed E-state index contributed by atoms with van der Waals surface area (Å²) in [7, 11) is 4.31. The van der Waals surface area contributed by atoms with Gasteiger partial charge in [0.05, 0.1) is 31.9 Å². The van der Waals surface area contributed by atoms with Crippen LogP contribution < -0.4 is 14.2 Å². The topological polar surface area (TPSA) is 71.1 Å². The minimum atomic E-state index is -0.726. The molecule has 0 saturated heterocycles. The van der Waals surface area contributed by atoms with E-state index in [0.29, 0.717) is 22.3 Å². The quantitative estimate of drug-likeness (QED) is 0.517. The van der Waals surface area contributed by atoms with E-state index in [0.717, 1.165) is 0 Å². The van der Waals surface area contributed by atoms with Crippen LogP contribution in [-0.4, -0.2) is 39.7 Å². The minimum Gasteiger partial charge on any atom is -0.493 e. The van der Waals surface area contributed by atoms with E-state index in [1.165, 1.54) is 45.6 Å². The summed E-state index contributed by atoms with van der Waals surface area (Å²) in [6.45, 7) is -0.491. The van der Waals surface area contributed by atoms with Gasteiger partial charge in [0.2, 0.25) is 11.5 Å². The van der Waals surface area contributed by atoms with Gasteiger partial charge in [-0.2, -0.15) is 0 Å². The summed E-state index contributed by atoms with van der Waals surface area (Å²) in [6, 6.07) is 7.33. The number of ether oxygens (including phenoxy) is 4. The van der Waals surface area contributed by atoms with Gasteiger partial charge in [-0.3, -0.25) is 4.79 Å². The lowest BCUT2D eigenvalue weighted by Gasteiger charge is -2.13. The molecule has 0 aromatic heterocycles. The van der Waals surface area contributed by atoms with Crippen molar-refractivity contribution in [2.24, 2.45) is 0 Å². The molecule has 0 bridgehead atoms. The molecule has 0 aliphatic carbocycles. The molecular formula is C18H16Cl2O6. The van der Waals surface area contributed by atoms with Crippen LogP contribution in [-0.2, 0) is 4.74 Å². The molecule has 0 amide bonds. The lowest BCUT2D eigenvalue weighted by Crippen LogP contribution is -2.15. The molecule has 2 aromatic rings. The smallest absolute Gasteiger partial charge is 0.338 e. The zero-order chi connectivity index (χ0) is 19.3. The number of carbonyl (C=O) groups is 2. The van der Waals surface area contributed by atoms with Crippen molar-refractivity contribution in [3.63, 3.8) is 0 Å². The van der Waals surface area contributed by atoms with Crippen LogP contribution in [0.3, 0.4) is 0 Å². The first-order chi connectivity index (χ1) is 12.4. The molecular weight excluding hydrogens is 383 g/mol. The van der Waals surface area contributed by atoms with Gasteiger partial charge in [0.15, 0.2) is 18.1 Å². The third-order valence-electron chi connectivity index (χ3n) is 3.46. The van der Waals surface area contributed by atoms with E-state index in [2.05, 4.69) is 0 Å². The predicted molar refractivity (Wildman–Crippen MR) is 97.2 cm³/mol. The summed E-state index contributed by atoms with van der Waals surface area (Å²) in [4.78, 5) is 24.5. The Morgan fingerprint density at radius 1 is 0.923 bits per heavy atom. The van der Waals surface area contributed by atoms with E-state index in [-0.39, 0.29) is 16.1 Å². The van der Waals surface area contributed by atoms with Crippen LogP contribution in [0.2, 0.25) is 10.0 Å². The maximum Gasteiger partial charge on any atom is 0.338 e. The minimum absolute atomic E-state index is 0.143. The third-order valence-corrected chi connectivity index (χ3v) is 4.03. The molecule has 0 spiro atoms. The second-order valence-electron chi connectivity index (χ2n) is 5.04. The number of Topliss-reactive ketones (excluding diaryl/α,β-unsaturated/α-hetero) is 1. The Kier molecular flexibility index (Phi) is 6.71. The van der Waals surface area contributed by atoms with Crippen molar-refractivity contribution in [2.45, 2.75) is 0 Å². The molecule has 8 heteroatoms. The number of methoxy groups -OCH3 is 3. The molecule has 0 aliphatic rings. The fourth-order valence-electron chi connectivity index (χ4n) is 2.20. The first-order valence-electron chi connectivity index (χ1n) is 7.36. The highest BCUT2D eigenvalue weighted by atomic mass is 35.5. The molecule has 0 atom stereocenters. The third kappa shape index (κ3) is 4.39. The first kappa shape index (κ1) is 19.9. The zero-order valence-electron chi connectivity index (χ0n) is 14.3. The molecule has 0 heterocycles. The van der Waals surface area contributed by atoms with E-state index in [4.69, 9.17) is 42.1 Å². The Hall–Kier alpha value is -2.44. The van der Waals surface area contributed by atoms with Crippen LogP contribution in [0.25, 0.3) is 0 Å². The summed E-state index contributed by atoms with van der Waals surface area (Å²) in [5.41, 5.74) is 0.321.